The highest BCUT2D eigenvalue weighted by Crippen LogP contribution is 2.07. The number of benzene rings is 1. The molecule has 116 valence electrons. The molecule has 5 nitrogen and oxygen atoms in total. The zero-order chi connectivity index (χ0) is 15.7. The monoisotopic (exact) mass is 292 g/mol. The Morgan fingerprint density at radius 1 is 1.29 bits per heavy atom. The fourth-order valence-corrected chi connectivity index (χ4v) is 1.95. The van der Waals surface area contributed by atoms with Crippen molar-refractivity contribution in [2.45, 2.75) is 32.2 Å². The summed E-state index contributed by atoms with van der Waals surface area (Å²) in [6, 6.07) is 8.88. The van der Waals surface area contributed by atoms with E-state index in [2.05, 4.69) is 5.32 Å². The van der Waals surface area contributed by atoms with Crippen LogP contribution in [0.1, 0.15) is 25.3 Å². The quantitative estimate of drug-likeness (QED) is 0.707. The Morgan fingerprint density at radius 2 is 1.95 bits per heavy atom. The zero-order valence-corrected chi connectivity index (χ0v) is 12.7. The largest absolute Gasteiger partial charge is 0.467 e. The topological polar surface area (TPSA) is 81.4 Å². The van der Waals surface area contributed by atoms with Crippen LogP contribution in [0, 0.1) is 5.92 Å². The predicted molar refractivity (Wildman–Crippen MR) is 81.5 cm³/mol. The number of nitrogens with one attached hydrogen (secondary N) is 1. The molecule has 0 aliphatic carbocycles. The van der Waals surface area contributed by atoms with Crippen molar-refractivity contribution in [1.82, 2.24) is 5.32 Å². The van der Waals surface area contributed by atoms with Gasteiger partial charge < -0.3 is 15.8 Å². The van der Waals surface area contributed by atoms with E-state index in [1.807, 2.05) is 37.3 Å². The smallest absolute Gasteiger partial charge is 0.328 e. The lowest BCUT2D eigenvalue weighted by Gasteiger charge is -2.17. The van der Waals surface area contributed by atoms with Crippen molar-refractivity contribution in [3.8, 4) is 0 Å². The fourth-order valence-electron chi connectivity index (χ4n) is 1.95. The molecule has 1 amide bonds. The van der Waals surface area contributed by atoms with Crippen LogP contribution in [0.25, 0.3) is 0 Å². The second-order valence-electron chi connectivity index (χ2n) is 5.21. The van der Waals surface area contributed by atoms with Crippen molar-refractivity contribution >= 4 is 11.9 Å². The summed E-state index contributed by atoms with van der Waals surface area (Å²) >= 11 is 0. The van der Waals surface area contributed by atoms with Crippen LogP contribution in [0.3, 0.4) is 0 Å². The molecule has 21 heavy (non-hydrogen) atoms. The summed E-state index contributed by atoms with van der Waals surface area (Å²) in [7, 11) is 1.32. The third-order valence-corrected chi connectivity index (χ3v) is 3.37. The SMILES string of the molecule is COC(=O)C(Cc1ccccc1)NC(=O)CCC(C)CN. The van der Waals surface area contributed by atoms with Gasteiger partial charge in [0.1, 0.15) is 6.04 Å². The maximum Gasteiger partial charge on any atom is 0.328 e. The van der Waals surface area contributed by atoms with Gasteiger partial charge in [-0.2, -0.15) is 0 Å². The molecule has 0 heterocycles. The van der Waals surface area contributed by atoms with Crippen molar-refractivity contribution in [2.75, 3.05) is 13.7 Å². The normalized spacial score (nSPS) is 13.3. The standard InChI is InChI=1S/C16H24N2O3/c1-12(11-17)8-9-15(19)18-14(16(20)21-2)10-13-6-4-3-5-7-13/h3-7,12,14H,8-11,17H2,1-2H3,(H,18,19). The van der Waals surface area contributed by atoms with Crippen LogP contribution in [-0.2, 0) is 20.7 Å². The first-order valence-electron chi connectivity index (χ1n) is 7.18. The van der Waals surface area contributed by atoms with Gasteiger partial charge in [-0.1, -0.05) is 37.3 Å². The van der Waals surface area contributed by atoms with E-state index in [0.29, 0.717) is 31.7 Å². The molecule has 2 atom stereocenters. The maximum atomic E-state index is 11.9. The Hall–Kier alpha value is -1.88. The molecule has 2 unspecified atom stereocenters. The molecule has 0 saturated heterocycles. The van der Waals surface area contributed by atoms with E-state index in [4.69, 9.17) is 10.5 Å². The van der Waals surface area contributed by atoms with E-state index in [1.54, 1.807) is 0 Å². The van der Waals surface area contributed by atoms with Gasteiger partial charge in [-0.3, -0.25) is 4.79 Å². The lowest BCUT2D eigenvalue weighted by atomic mass is 10.0. The summed E-state index contributed by atoms with van der Waals surface area (Å²) in [5.41, 5.74) is 6.50. The van der Waals surface area contributed by atoms with Crippen LogP contribution in [-0.4, -0.2) is 31.6 Å². The summed E-state index contributed by atoms with van der Waals surface area (Å²) in [4.78, 5) is 23.7. The lowest BCUT2D eigenvalue weighted by molar-refractivity contribution is -0.145. The summed E-state index contributed by atoms with van der Waals surface area (Å²) < 4.78 is 4.76. The Morgan fingerprint density at radius 3 is 2.52 bits per heavy atom. The van der Waals surface area contributed by atoms with Crippen LogP contribution >= 0.6 is 0 Å². The zero-order valence-electron chi connectivity index (χ0n) is 12.7. The fraction of sp³-hybridized carbons (Fsp3) is 0.500. The van der Waals surface area contributed by atoms with Gasteiger partial charge in [0.15, 0.2) is 0 Å². The van der Waals surface area contributed by atoms with Gasteiger partial charge in [0.2, 0.25) is 5.91 Å². The molecule has 0 aromatic heterocycles. The predicted octanol–water partition coefficient (Wildman–Crippen LogP) is 1.26. The summed E-state index contributed by atoms with van der Waals surface area (Å²) in [5, 5.41) is 2.74. The molecule has 1 aromatic rings. The van der Waals surface area contributed by atoms with Gasteiger partial charge in [0, 0.05) is 12.8 Å². The average molecular weight is 292 g/mol. The van der Waals surface area contributed by atoms with Crippen molar-refractivity contribution in [3.05, 3.63) is 35.9 Å². The van der Waals surface area contributed by atoms with Gasteiger partial charge in [0.25, 0.3) is 0 Å². The highest BCUT2D eigenvalue weighted by atomic mass is 16.5. The molecule has 0 saturated carbocycles. The summed E-state index contributed by atoms with van der Waals surface area (Å²) in [6.45, 7) is 2.55. The van der Waals surface area contributed by atoms with Gasteiger partial charge in [-0.05, 0) is 24.4 Å². The molecule has 3 N–H and O–H groups in total. The van der Waals surface area contributed by atoms with Gasteiger partial charge in [-0.15, -0.1) is 0 Å². The van der Waals surface area contributed by atoms with E-state index in [1.165, 1.54) is 7.11 Å². The number of carbonyl (C=O) groups excluding carboxylic acids is 2. The molecular weight excluding hydrogens is 268 g/mol. The highest BCUT2D eigenvalue weighted by Gasteiger charge is 2.21. The van der Waals surface area contributed by atoms with Gasteiger partial charge in [0.05, 0.1) is 7.11 Å². The second-order valence-corrected chi connectivity index (χ2v) is 5.21. The molecule has 0 bridgehead atoms. The molecule has 0 aliphatic heterocycles. The Kier molecular flexibility index (Phi) is 7.46. The van der Waals surface area contributed by atoms with Crippen LogP contribution in [0.4, 0.5) is 0 Å². The van der Waals surface area contributed by atoms with Crippen molar-refractivity contribution in [1.29, 1.82) is 0 Å². The summed E-state index contributed by atoms with van der Waals surface area (Å²) in [6.07, 6.45) is 1.49. The minimum atomic E-state index is -0.655. The van der Waals surface area contributed by atoms with E-state index >= 15 is 0 Å². The van der Waals surface area contributed by atoms with E-state index < -0.39 is 12.0 Å². The molecule has 0 radical (unpaired) electrons. The molecule has 1 aromatic carbocycles. The first-order chi connectivity index (χ1) is 10.1. The third kappa shape index (κ3) is 6.40. The van der Waals surface area contributed by atoms with E-state index in [0.717, 1.165) is 5.56 Å². The number of hydrogen-bond donors (Lipinski definition) is 2. The lowest BCUT2D eigenvalue weighted by Crippen LogP contribution is -2.43. The van der Waals surface area contributed by atoms with Crippen LogP contribution in [0.5, 0.6) is 0 Å². The van der Waals surface area contributed by atoms with Crippen molar-refractivity contribution < 1.29 is 14.3 Å². The Balaban J connectivity index is 2.58. The van der Waals surface area contributed by atoms with E-state index in [9.17, 15) is 9.59 Å². The minimum absolute atomic E-state index is 0.151. The van der Waals surface area contributed by atoms with Crippen LogP contribution < -0.4 is 11.1 Å². The third-order valence-electron chi connectivity index (χ3n) is 3.37. The molecule has 5 heteroatoms. The number of ether oxygens (including phenoxy) is 1. The number of amides is 1. The maximum absolute atomic E-state index is 11.9. The number of hydrogen-bond acceptors (Lipinski definition) is 4. The van der Waals surface area contributed by atoms with Crippen LogP contribution in [0.2, 0.25) is 0 Å². The molecular formula is C16H24N2O3. The van der Waals surface area contributed by atoms with Crippen molar-refractivity contribution in [3.63, 3.8) is 0 Å². The Labute approximate surface area is 125 Å². The number of carbonyl (C=O) groups is 2. The van der Waals surface area contributed by atoms with E-state index in [-0.39, 0.29) is 5.91 Å². The van der Waals surface area contributed by atoms with Gasteiger partial charge >= 0.3 is 5.97 Å². The van der Waals surface area contributed by atoms with Crippen LogP contribution in [0.15, 0.2) is 30.3 Å². The highest BCUT2D eigenvalue weighted by molar-refractivity contribution is 5.84. The van der Waals surface area contributed by atoms with Gasteiger partial charge in [-0.25, -0.2) is 4.79 Å². The van der Waals surface area contributed by atoms with Crippen molar-refractivity contribution in [2.24, 2.45) is 11.7 Å². The average Bonchev–Trinajstić information content (AvgIpc) is 2.52. The number of rotatable bonds is 8. The Bertz CT molecular complexity index is 448. The number of nitrogens with two attached hydrogens (primary N) is 1. The minimum Gasteiger partial charge on any atom is -0.467 e. The molecule has 0 aliphatic rings. The first kappa shape index (κ1) is 17.2. The number of methoxy groups -OCH3 is 1. The molecule has 1 rings (SSSR count). The second kappa shape index (κ2) is 9.13. The summed E-state index contributed by atoms with van der Waals surface area (Å²) in [5.74, 6) is -0.290. The molecule has 0 spiro atoms. The molecule has 0 fully saturated rings. The number of esters is 1. The first-order valence-corrected chi connectivity index (χ1v) is 7.18.